The summed E-state index contributed by atoms with van der Waals surface area (Å²) >= 11 is 0. The number of hydrogen-bond donors (Lipinski definition) is 2. The van der Waals surface area contributed by atoms with Gasteiger partial charge in [0.15, 0.2) is 0 Å². The van der Waals surface area contributed by atoms with E-state index >= 15 is 0 Å². The first-order chi connectivity index (χ1) is 5.18. The summed E-state index contributed by atoms with van der Waals surface area (Å²) in [6.07, 6.45) is 0.917. The molecule has 0 aliphatic rings. The van der Waals surface area contributed by atoms with E-state index < -0.39 is 0 Å². The highest BCUT2D eigenvalue weighted by molar-refractivity contribution is 5.85. The molecule has 4 heteroatoms. The quantitative estimate of drug-likeness (QED) is 0.753. The zero-order valence-corrected chi connectivity index (χ0v) is 9.20. The second-order valence-electron chi connectivity index (χ2n) is 2.92. The third kappa shape index (κ3) is 5.75. The van der Waals surface area contributed by atoms with Gasteiger partial charge in [0.2, 0.25) is 0 Å². The van der Waals surface area contributed by atoms with E-state index in [0.717, 1.165) is 12.1 Å². The third-order valence-electron chi connectivity index (χ3n) is 1.54. The van der Waals surface area contributed by atoms with Gasteiger partial charge in [-0.2, -0.15) is 0 Å². The smallest absolute Gasteiger partial charge is 0.0314 e. The molecular formula is C9H16Cl2N2. The summed E-state index contributed by atoms with van der Waals surface area (Å²) in [6, 6.07) is 8.05. The average molecular weight is 223 g/mol. The van der Waals surface area contributed by atoms with E-state index in [1.807, 2.05) is 31.2 Å². The van der Waals surface area contributed by atoms with Crippen molar-refractivity contribution in [2.75, 3.05) is 5.73 Å². The molecule has 0 aromatic heterocycles. The number of nitrogens with two attached hydrogens (primary N) is 2. The van der Waals surface area contributed by atoms with Crippen LogP contribution in [-0.2, 0) is 6.42 Å². The zero-order valence-electron chi connectivity index (χ0n) is 7.57. The van der Waals surface area contributed by atoms with Crippen LogP contribution < -0.4 is 11.5 Å². The van der Waals surface area contributed by atoms with Gasteiger partial charge >= 0.3 is 0 Å². The molecule has 4 N–H and O–H groups in total. The van der Waals surface area contributed by atoms with Gasteiger partial charge in [-0.25, -0.2) is 0 Å². The summed E-state index contributed by atoms with van der Waals surface area (Å²) in [5, 5.41) is 0. The lowest BCUT2D eigenvalue weighted by Crippen LogP contribution is -2.17. The normalized spacial score (nSPS) is 10.9. The predicted octanol–water partition coefficient (Wildman–Crippen LogP) is 2.00. The van der Waals surface area contributed by atoms with Crippen LogP contribution in [0, 0.1) is 0 Å². The summed E-state index contributed by atoms with van der Waals surface area (Å²) in [4.78, 5) is 0. The van der Waals surface area contributed by atoms with Gasteiger partial charge in [0, 0.05) is 11.7 Å². The van der Waals surface area contributed by atoms with E-state index in [-0.39, 0.29) is 30.9 Å². The van der Waals surface area contributed by atoms with E-state index in [1.54, 1.807) is 0 Å². The Morgan fingerprint density at radius 2 is 1.62 bits per heavy atom. The molecule has 0 saturated carbocycles. The highest BCUT2D eigenvalue weighted by atomic mass is 35.5. The molecule has 0 radical (unpaired) electrons. The fourth-order valence-electron chi connectivity index (χ4n) is 1.03. The summed E-state index contributed by atoms with van der Waals surface area (Å²) in [5.74, 6) is 0. The second-order valence-corrected chi connectivity index (χ2v) is 2.92. The summed E-state index contributed by atoms with van der Waals surface area (Å²) in [5.41, 5.74) is 13.2. The molecule has 1 aromatic carbocycles. The van der Waals surface area contributed by atoms with Gasteiger partial charge < -0.3 is 11.5 Å². The number of anilines is 1. The molecule has 13 heavy (non-hydrogen) atoms. The van der Waals surface area contributed by atoms with E-state index in [0.29, 0.717) is 0 Å². The van der Waals surface area contributed by atoms with Crippen molar-refractivity contribution in [2.24, 2.45) is 5.73 Å². The standard InChI is InChI=1S/C9H14N2.2ClH/c1-7(10)6-8-2-4-9(11)5-3-8;;/h2-5,7H,6,10-11H2,1H3;2*1H. The fraction of sp³-hybridized carbons (Fsp3) is 0.333. The van der Waals surface area contributed by atoms with Gasteiger partial charge in [0.05, 0.1) is 0 Å². The molecule has 1 rings (SSSR count). The average Bonchev–Trinajstić information content (AvgIpc) is 1.93. The van der Waals surface area contributed by atoms with Crippen molar-refractivity contribution < 1.29 is 0 Å². The van der Waals surface area contributed by atoms with Gasteiger partial charge in [0.1, 0.15) is 0 Å². The van der Waals surface area contributed by atoms with Gasteiger partial charge in [-0.3, -0.25) is 0 Å². The molecule has 0 aliphatic carbocycles. The zero-order chi connectivity index (χ0) is 8.27. The first-order valence-electron chi connectivity index (χ1n) is 3.78. The summed E-state index contributed by atoms with van der Waals surface area (Å²) in [7, 11) is 0. The molecule has 0 fully saturated rings. The Bertz CT molecular complexity index is 222. The van der Waals surface area contributed by atoms with Crippen LogP contribution in [0.2, 0.25) is 0 Å². The molecule has 0 bridgehead atoms. The minimum atomic E-state index is 0. The first kappa shape index (κ1) is 15.1. The lowest BCUT2D eigenvalue weighted by Gasteiger charge is -2.04. The molecule has 76 valence electrons. The van der Waals surface area contributed by atoms with E-state index in [1.165, 1.54) is 5.56 Å². The molecule has 2 nitrogen and oxygen atoms in total. The van der Waals surface area contributed by atoms with Crippen molar-refractivity contribution in [3.63, 3.8) is 0 Å². The van der Waals surface area contributed by atoms with Crippen molar-refractivity contribution in [2.45, 2.75) is 19.4 Å². The molecule has 1 atom stereocenters. The van der Waals surface area contributed by atoms with Gasteiger partial charge in [-0.15, -0.1) is 24.8 Å². The Kier molecular flexibility index (Phi) is 8.12. The van der Waals surface area contributed by atoms with Crippen molar-refractivity contribution in [3.8, 4) is 0 Å². The number of benzene rings is 1. The molecule has 0 saturated heterocycles. The maximum absolute atomic E-state index is 5.63. The number of hydrogen-bond acceptors (Lipinski definition) is 2. The van der Waals surface area contributed by atoms with Crippen LogP contribution in [0.3, 0.4) is 0 Å². The van der Waals surface area contributed by atoms with Crippen molar-refractivity contribution in [3.05, 3.63) is 29.8 Å². The largest absolute Gasteiger partial charge is 0.399 e. The highest BCUT2D eigenvalue weighted by Crippen LogP contribution is 2.06. The molecule has 1 aromatic rings. The second kappa shape index (κ2) is 7.01. The monoisotopic (exact) mass is 222 g/mol. The van der Waals surface area contributed by atoms with Crippen molar-refractivity contribution in [1.29, 1.82) is 0 Å². The maximum Gasteiger partial charge on any atom is 0.0314 e. The fourth-order valence-corrected chi connectivity index (χ4v) is 1.03. The van der Waals surface area contributed by atoms with Crippen LogP contribution in [0.1, 0.15) is 12.5 Å². The van der Waals surface area contributed by atoms with Crippen LogP contribution in [-0.4, -0.2) is 6.04 Å². The molecule has 0 amide bonds. The van der Waals surface area contributed by atoms with E-state index in [2.05, 4.69) is 0 Å². The maximum atomic E-state index is 5.63. The topological polar surface area (TPSA) is 52.0 Å². The van der Waals surface area contributed by atoms with Gasteiger partial charge in [-0.05, 0) is 31.0 Å². The Hall–Kier alpha value is -0.440. The van der Waals surface area contributed by atoms with Gasteiger partial charge in [-0.1, -0.05) is 12.1 Å². The number of rotatable bonds is 2. The Labute approximate surface area is 91.5 Å². The van der Waals surface area contributed by atoms with Crippen molar-refractivity contribution in [1.82, 2.24) is 0 Å². The van der Waals surface area contributed by atoms with E-state index in [4.69, 9.17) is 11.5 Å². The summed E-state index contributed by atoms with van der Waals surface area (Å²) in [6.45, 7) is 2.00. The molecule has 0 heterocycles. The van der Waals surface area contributed by atoms with Crippen LogP contribution in [0.5, 0.6) is 0 Å². The molecule has 0 spiro atoms. The molecule has 0 aliphatic heterocycles. The Balaban J connectivity index is 0. The minimum absolute atomic E-state index is 0. The SMILES string of the molecule is CC(N)Cc1ccc(N)cc1.Cl.Cl. The highest BCUT2D eigenvalue weighted by Gasteiger charge is 1.95. The Morgan fingerprint density at radius 1 is 1.15 bits per heavy atom. The van der Waals surface area contributed by atoms with E-state index in [9.17, 15) is 0 Å². The van der Waals surface area contributed by atoms with Crippen molar-refractivity contribution >= 4 is 30.5 Å². The van der Waals surface area contributed by atoms with Crippen LogP contribution in [0.25, 0.3) is 0 Å². The predicted molar refractivity (Wildman–Crippen MR) is 62.7 cm³/mol. The molecular weight excluding hydrogens is 207 g/mol. The lowest BCUT2D eigenvalue weighted by atomic mass is 10.1. The van der Waals surface area contributed by atoms with Gasteiger partial charge in [0.25, 0.3) is 0 Å². The number of halogens is 2. The first-order valence-corrected chi connectivity index (χ1v) is 3.78. The third-order valence-corrected chi connectivity index (χ3v) is 1.54. The molecule has 1 unspecified atom stereocenters. The van der Waals surface area contributed by atoms with Crippen LogP contribution in [0.4, 0.5) is 5.69 Å². The number of nitrogen functional groups attached to an aromatic ring is 1. The van der Waals surface area contributed by atoms with Crippen LogP contribution >= 0.6 is 24.8 Å². The lowest BCUT2D eigenvalue weighted by molar-refractivity contribution is 0.738. The Morgan fingerprint density at radius 3 is 2.00 bits per heavy atom. The minimum Gasteiger partial charge on any atom is -0.399 e. The van der Waals surface area contributed by atoms with Crippen LogP contribution in [0.15, 0.2) is 24.3 Å². The summed E-state index contributed by atoms with van der Waals surface area (Å²) < 4.78 is 0.